The lowest BCUT2D eigenvalue weighted by atomic mass is 10.1. The van der Waals surface area contributed by atoms with Gasteiger partial charge in [-0.25, -0.2) is 8.42 Å². The Hall–Kier alpha value is -2.15. The Morgan fingerprint density at radius 2 is 1.67 bits per heavy atom. The number of halogens is 1. The van der Waals surface area contributed by atoms with Crippen LogP contribution in [-0.4, -0.2) is 12.7 Å². The maximum absolute atomic E-state index is 13.5. The van der Waals surface area contributed by atoms with E-state index in [4.69, 9.17) is 4.74 Å². The molecule has 0 N–H and O–H groups in total. The first kappa shape index (κ1) is 18.2. The Labute approximate surface area is 167 Å². The molecule has 0 radical (unpaired) electrons. The summed E-state index contributed by atoms with van der Waals surface area (Å²) in [6, 6.07) is 21.9. The Kier molecular flexibility index (Phi) is 4.80. The van der Waals surface area contributed by atoms with E-state index in [-0.39, 0.29) is 17.5 Å². The number of hydrogen-bond donors (Lipinski definition) is 0. The molecule has 0 spiro atoms. The van der Waals surface area contributed by atoms with Crippen LogP contribution in [0.2, 0.25) is 0 Å². The Morgan fingerprint density at radius 3 is 2.44 bits per heavy atom. The van der Waals surface area contributed by atoms with Crippen LogP contribution in [0.1, 0.15) is 24.1 Å². The standard InChI is InChI=1S/C21H18BrNO3S/c1-15(16-7-3-2-4-8-16)23-14-17-9-5-6-10-19(17)26-20-13-18(22)11-12-21(20)27(23,24)25/h2-13,15H,14H2,1H3/t15-/m0/s1. The normalized spacial score (nSPS) is 17.0. The molecule has 4 rings (SSSR count). The molecule has 1 aliphatic heterocycles. The van der Waals surface area contributed by atoms with E-state index in [0.717, 1.165) is 15.6 Å². The van der Waals surface area contributed by atoms with Crippen molar-refractivity contribution in [2.75, 3.05) is 0 Å². The number of nitrogens with zero attached hydrogens (tertiary/aromatic N) is 1. The van der Waals surface area contributed by atoms with Crippen LogP contribution in [0, 0.1) is 0 Å². The van der Waals surface area contributed by atoms with Crippen LogP contribution in [-0.2, 0) is 16.6 Å². The van der Waals surface area contributed by atoms with Gasteiger partial charge in [-0.15, -0.1) is 0 Å². The van der Waals surface area contributed by atoms with Crippen molar-refractivity contribution in [1.29, 1.82) is 0 Å². The largest absolute Gasteiger partial charge is 0.456 e. The number of sulfonamides is 1. The van der Waals surface area contributed by atoms with E-state index in [1.54, 1.807) is 18.2 Å². The Morgan fingerprint density at radius 1 is 0.963 bits per heavy atom. The molecule has 3 aromatic rings. The summed E-state index contributed by atoms with van der Waals surface area (Å²) in [5.74, 6) is 0.985. The Bertz CT molecular complexity index is 1080. The van der Waals surface area contributed by atoms with Crippen molar-refractivity contribution >= 4 is 26.0 Å². The summed E-state index contributed by atoms with van der Waals surface area (Å²) in [4.78, 5) is 0.169. The van der Waals surface area contributed by atoms with E-state index in [1.165, 1.54) is 4.31 Å². The van der Waals surface area contributed by atoms with Crippen LogP contribution in [0.4, 0.5) is 0 Å². The molecule has 6 heteroatoms. The fourth-order valence-electron chi connectivity index (χ4n) is 3.25. The lowest BCUT2D eigenvalue weighted by molar-refractivity contribution is 0.322. The van der Waals surface area contributed by atoms with Gasteiger partial charge in [-0.05, 0) is 36.8 Å². The SMILES string of the molecule is C[C@@H](c1ccccc1)N1Cc2ccccc2Oc2cc(Br)ccc2S1(=O)=O. The summed E-state index contributed by atoms with van der Waals surface area (Å²) in [6.07, 6.45) is 0. The van der Waals surface area contributed by atoms with Crippen LogP contribution < -0.4 is 4.74 Å². The summed E-state index contributed by atoms with van der Waals surface area (Å²) >= 11 is 3.41. The lowest BCUT2D eigenvalue weighted by Crippen LogP contribution is -2.34. The van der Waals surface area contributed by atoms with Gasteiger partial charge >= 0.3 is 0 Å². The zero-order valence-corrected chi connectivity index (χ0v) is 17.1. The molecule has 3 aromatic carbocycles. The molecule has 0 unspecified atom stereocenters. The van der Waals surface area contributed by atoms with Gasteiger partial charge in [0.25, 0.3) is 0 Å². The van der Waals surface area contributed by atoms with Crippen LogP contribution in [0.25, 0.3) is 0 Å². The number of ether oxygens (including phenoxy) is 1. The maximum Gasteiger partial charge on any atom is 0.247 e. The molecule has 1 aliphatic rings. The van der Waals surface area contributed by atoms with Gasteiger partial charge in [0, 0.05) is 22.6 Å². The second kappa shape index (κ2) is 7.11. The molecule has 1 atom stereocenters. The van der Waals surface area contributed by atoms with Crippen molar-refractivity contribution in [1.82, 2.24) is 4.31 Å². The van der Waals surface area contributed by atoms with Crippen LogP contribution in [0.15, 0.2) is 82.2 Å². The van der Waals surface area contributed by atoms with Crippen LogP contribution in [0.3, 0.4) is 0 Å². The van der Waals surface area contributed by atoms with E-state index in [1.807, 2.05) is 61.5 Å². The zero-order chi connectivity index (χ0) is 19.0. The number of fused-ring (bicyclic) bond motifs is 2. The number of hydrogen-bond acceptors (Lipinski definition) is 3. The first-order chi connectivity index (χ1) is 13.0. The van der Waals surface area contributed by atoms with Crippen LogP contribution in [0.5, 0.6) is 11.5 Å². The predicted octanol–water partition coefficient (Wildman–Crippen LogP) is 5.51. The Balaban J connectivity index is 1.92. The van der Waals surface area contributed by atoms with E-state index in [2.05, 4.69) is 15.9 Å². The number of para-hydroxylation sites is 1. The van der Waals surface area contributed by atoms with Gasteiger partial charge in [-0.1, -0.05) is 64.5 Å². The highest BCUT2D eigenvalue weighted by molar-refractivity contribution is 9.10. The van der Waals surface area contributed by atoms with E-state index in [9.17, 15) is 8.42 Å². The highest BCUT2D eigenvalue weighted by atomic mass is 79.9. The third-order valence-electron chi connectivity index (χ3n) is 4.73. The van der Waals surface area contributed by atoms with Gasteiger partial charge in [-0.2, -0.15) is 4.31 Å². The lowest BCUT2D eigenvalue weighted by Gasteiger charge is -2.32. The van der Waals surface area contributed by atoms with Crippen molar-refractivity contribution in [3.05, 3.63) is 88.4 Å². The van der Waals surface area contributed by atoms with Crippen molar-refractivity contribution < 1.29 is 13.2 Å². The minimum absolute atomic E-state index is 0.169. The molecule has 0 saturated heterocycles. The molecule has 0 aromatic heterocycles. The first-order valence-electron chi connectivity index (χ1n) is 8.59. The quantitative estimate of drug-likeness (QED) is 0.524. The average Bonchev–Trinajstić information content (AvgIpc) is 2.66. The van der Waals surface area contributed by atoms with Gasteiger partial charge in [0.1, 0.15) is 16.4 Å². The van der Waals surface area contributed by atoms with Crippen molar-refractivity contribution in [2.24, 2.45) is 0 Å². The highest BCUT2D eigenvalue weighted by Crippen LogP contribution is 2.40. The topological polar surface area (TPSA) is 46.6 Å². The molecule has 4 nitrogen and oxygen atoms in total. The van der Waals surface area contributed by atoms with Gasteiger partial charge in [-0.3, -0.25) is 0 Å². The average molecular weight is 444 g/mol. The minimum atomic E-state index is -3.76. The summed E-state index contributed by atoms with van der Waals surface area (Å²) in [5, 5.41) is 0. The zero-order valence-electron chi connectivity index (χ0n) is 14.7. The number of benzene rings is 3. The maximum atomic E-state index is 13.5. The molecule has 0 fully saturated rings. The summed E-state index contributed by atoms with van der Waals surface area (Å²) in [6.45, 7) is 2.15. The fraction of sp³-hybridized carbons (Fsp3) is 0.143. The number of rotatable bonds is 2. The van der Waals surface area contributed by atoms with Gasteiger partial charge in [0.05, 0.1) is 0 Å². The summed E-state index contributed by atoms with van der Waals surface area (Å²) in [5.41, 5.74) is 1.77. The third kappa shape index (κ3) is 3.40. The monoisotopic (exact) mass is 443 g/mol. The third-order valence-corrected chi connectivity index (χ3v) is 7.17. The van der Waals surface area contributed by atoms with Gasteiger partial charge in [0.2, 0.25) is 10.0 Å². The van der Waals surface area contributed by atoms with Crippen LogP contribution >= 0.6 is 15.9 Å². The second-order valence-corrected chi connectivity index (χ2v) is 9.21. The van der Waals surface area contributed by atoms with E-state index in [0.29, 0.717) is 11.5 Å². The van der Waals surface area contributed by atoms with Crippen molar-refractivity contribution in [3.63, 3.8) is 0 Å². The molecule has 0 bridgehead atoms. The molecule has 138 valence electrons. The summed E-state index contributed by atoms with van der Waals surface area (Å²) < 4.78 is 35.4. The first-order valence-corrected chi connectivity index (χ1v) is 10.8. The molecule has 1 heterocycles. The molecule has 0 aliphatic carbocycles. The molecule has 27 heavy (non-hydrogen) atoms. The molecule has 0 saturated carbocycles. The van der Waals surface area contributed by atoms with E-state index < -0.39 is 10.0 Å². The van der Waals surface area contributed by atoms with E-state index >= 15 is 0 Å². The highest BCUT2D eigenvalue weighted by Gasteiger charge is 2.35. The molecular formula is C21H18BrNO3S. The van der Waals surface area contributed by atoms with Gasteiger partial charge < -0.3 is 4.74 Å². The second-order valence-electron chi connectivity index (χ2n) is 6.44. The van der Waals surface area contributed by atoms with Crippen molar-refractivity contribution in [3.8, 4) is 11.5 Å². The summed E-state index contributed by atoms with van der Waals surface area (Å²) in [7, 11) is -3.76. The smallest absolute Gasteiger partial charge is 0.247 e. The van der Waals surface area contributed by atoms with Gasteiger partial charge in [0.15, 0.2) is 0 Å². The molecular weight excluding hydrogens is 426 g/mol. The minimum Gasteiger partial charge on any atom is -0.456 e. The fourth-order valence-corrected chi connectivity index (χ4v) is 5.28. The molecule has 0 amide bonds. The van der Waals surface area contributed by atoms with Crippen molar-refractivity contribution in [2.45, 2.75) is 24.4 Å². The predicted molar refractivity (Wildman–Crippen MR) is 108 cm³/mol.